The second kappa shape index (κ2) is 9.19. The number of nitrogens with one attached hydrogen (secondary N) is 1. The number of nitrogens with zero attached hydrogens (tertiary/aromatic N) is 2. The van der Waals surface area contributed by atoms with E-state index in [0.717, 1.165) is 51.1 Å². The topological polar surface area (TPSA) is 35.6 Å². The van der Waals surface area contributed by atoms with Crippen LogP contribution in [0.25, 0.3) is 0 Å². The number of hydrogen-bond acceptors (Lipinski definition) is 3. The van der Waals surface area contributed by atoms with E-state index in [2.05, 4.69) is 54.9 Å². The minimum atomic E-state index is 0.174. The Morgan fingerprint density at radius 2 is 1.96 bits per heavy atom. The van der Waals surface area contributed by atoms with E-state index in [1.54, 1.807) is 0 Å². The lowest BCUT2D eigenvalue weighted by atomic mass is 10.1. The Morgan fingerprint density at radius 1 is 1.25 bits per heavy atom. The molecule has 2 rings (SSSR count). The van der Waals surface area contributed by atoms with Crippen molar-refractivity contribution in [3.05, 3.63) is 35.4 Å². The van der Waals surface area contributed by atoms with E-state index in [0.29, 0.717) is 12.1 Å². The molecule has 1 aromatic carbocycles. The first-order chi connectivity index (χ1) is 11.6. The van der Waals surface area contributed by atoms with E-state index in [1.807, 2.05) is 12.1 Å². The van der Waals surface area contributed by atoms with Gasteiger partial charge in [0.25, 0.3) is 5.91 Å². The van der Waals surface area contributed by atoms with Crippen molar-refractivity contribution in [2.24, 2.45) is 0 Å². The maximum absolute atomic E-state index is 12.9. The molecule has 1 atom stereocenters. The molecule has 1 unspecified atom stereocenters. The first kappa shape index (κ1) is 18.9. The van der Waals surface area contributed by atoms with Gasteiger partial charge in [-0.15, -0.1) is 0 Å². The summed E-state index contributed by atoms with van der Waals surface area (Å²) < 4.78 is 0. The monoisotopic (exact) mass is 331 g/mol. The Hall–Kier alpha value is -1.39. The van der Waals surface area contributed by atoms with Crippen molar-refractivity contribution in [2.45, 2.75) is 59.2 Å². The van der Waals surface area contributed by atoms with Crippen LogP contribution in [0, 0.1) is 0 Å². The lowest BCUT2D eigenvalue weighted by Crippen LogP contribution is -2.42. The van der Waals surface area contributed by atoms with Gasteiger partial charge in [-0.05, 0) is 57.5 Å². The van der Waals surface area contributed by atoms with Crippen molar-refractivity contribution in [3.8, 4) is 0 Å². The molecule has 0 aromatic heterocycles. The zero-order chi connectivity index (χ0) is 17.5. The van der Waals surface area contributed by atoms with Crippen LogP contribution in [0.1, 0.15) is 56.5 Å². The third kappa shape index (κ3) is 4.81. The van der Waals surface area contributed by atoms with E-state index < -0.39 is 0 Å². The Bertz CT molecular complexity index is 506. The molecule has 1 aliphatic heterocycles. The van der Waals surface area contributed by atoms with Gasteiger partial charge in [-0.2, -0.15) is 0 Å². The van der Waals surface area contributed by atoms with Gasteiger partial charge < -0.3 is 10.2 Å². The number of amides is 1. The number of rotatable bonds is 8. The van der Waals surface area contributed by atoms with Crippen LogP contribution in [-0.4, -0.2) is 54.0 Å². The van der Waals surface area contributed by atoms with Crippen molar-refractivity contribution in [3.63, 3.8) is 0 Å². The summed E-state index contributed by atoms with van der Waals surface area (Å²) in [7, 11) is 0. The van der Waals surface area contributed by atoms with E-state index in [-0.39, 0.29) is 5.91 Å². The molecule has 0 saturated carbocycles. The molecule has 1 aliphatic rings. The maximum atomic E-state index is 12.9. The molecule has 1 heterocycles. The Kier molecular flexibility index (Phi) is 7.25. The molecule has 0 bridgehead atoms. The van der Waals surface area contributed by atoms with Crippen molar-refractivity contribution >= 4 is 5.91 Å². The van der Waals surface area contributed by atoms with Gasteiger partial charge in [-0.25, -0.2) is 0 Å². The lowest BCUT2D eigenvalue weighted by Gasteiger charge is -2.28. The normalized spacial score (nSPS) is 17.7. The lowest BCUT2D eigenvalue weighted by molar-refractivity contribution is 0.0692. The third-order valence-electron chi connectivity index (χ3n) is 4.92. The van der Waals surface area contributed by atoms with Crippen LogP contribution in [0.4, 0.5) is 0 Å². The third-order valence-corrected chi connectivity index (χ3v) is 4.92. The number of hydrogen-bond donors (Lipinski definition) is 1. The highest BCUT2D eigenvalue weighted by Gasteiger charge is 2.26. The predicted octanol–water partition coefficient (Wildman–Crippen LogP) is 3.13. The Labute approximate surface area is 147 Å². The summed E-state index contributed by atoms with van der Waals surface area (Å²) in [4.78, 5) is 17.4. The zero-order valence-corrected chi connectivity index (χ0v) is 15.7. The fourth-order valence-corrected chi connectivity index (χ4v) is 3.41. The molecule has 1 N–H and O–H groups in total. The molecule has 1 saturated heterocycles. The van der Waals surface area contributed by atoms with Gasteiger partial charge in [0, 0.05) is 37.3 Å². The largest absolute Gasteiger partial charge is 0.334 e. The fourth-order valence-electron chi connectivity index (χ4n) is 3.41. The highest BCUT2D eigenvalue weighted by atomic mass is 16.2. The van der Waals surface area contributed by atoms with Crippen LogP contribution < -0.4 is 5.32 Å². The summed E-state index contributed by atoms with van der Waals surface area (Å²) in [5.41, 5.74) is 2.08. The Morgan fingerprint density at radius 3 is 2.46 bits per heavy atom. The van der Waals surface area contributed by atoms with E-state index in [1.165, 1.54) is 5.56 Å². The van der Waals surface area contributed by atoms with E-state index >= 15 is 0 Å². The van der Waals surface area contributed by atoms with Crippen molar-refractivity contribution < 1.29 is 4.79 Å². The summed E-state index contributed by atoms with van der Waals surface area (Å²) in [5.74, 6) is 0.174. The van der Waals surface area contributed by atoms with Crippen LogP contribution in [0.3, 0.4) is 0 Å². The molecule has 0 spiro atoms. The SMILES string of the molecule is CCCN(C(=O)c1ccc(CN(CC)C(C)C)cc1)C1CCNC1. The molecular formula is C20H33N3O. The van der Waals surface area contributed by atoms with Gasteiger partial charge in [0.15, 0.2) is 0 Å². The molecule has 1 aromatic rings. The van der Waals surface area contributed by atoms with Crippen LogP contribution in [0.2, 0.25) is 0 Å². The highest BCUT2D eigenvalue weighted by Crippen LogP contribution is 2.16. The maximum Gasteiger partial charge on any atom is 0.254 e. The van der Waals surface area contributed by atoms with Gasteiger partial charge in [0.05, 0.1) is 0 Å². The second-order valence-electron chi connectivity index (χ2n) is 7.00. The zero-order valence-electron chi connectivity index (χ0n) is 15.7. The van der Waals surface area contributed by atoms with Crippen molar-refractivity contribution in [2.75, 3.05) is 26.2 Å². The highest BCUT2D eigenvalue weighted by molar-refractivity contribution is 5.94. The fraction of sp³-hybridized carbons (Fsp3) is 0.650. The minimum absolute atomic E-state index is 0.174. The summed E-state index contributed by atoms with van der Waals surface area (Å²) in [6.07, 6.45) is 2.06. The van der Waals surface area contributed by atoms with Gasteiger partial charge in [-0.3, -0.25) is 9.69 Å². The van der Waals surface area contributed by atoms with Crippen LogP contribution in [0.15, 0.2) is 24.3 Å². The van der Waals surface area contributed by atoms with Gasteiger partial charge in [-0.1, -0.05) is 26.0 Å². The van der Waals surface area contributed by atoms with Crippen LogP contribution in [-0.2, 0) is 6.54 Å². The molecule has 1 fully saturated rings. The van der Waals surface area contributed by atoms with Gasteiger partial charge in [0.1, 0.15) is 0 Å². The second-order valence-corrected chi connectivity index (χ2v) is 7.00. The summed E-state index contributed by atoms with van der Waals surface area (Å²) in [6, 6.07) is 9.08. The first-order valence-electron chi connectivity index (χ1n) is 9.41. The molecule has 4 heteroatoms. The standard InChI is InChI=1S/C20H33N3O/c1-5-13-23(19-11-12-21-14-19)20(24)18-9-7-17(8-10-18)15-22(6-2)16(3)4/h7-10,16,19,21H,5-6,11-15H2,1-4H3. The van der Waals surface area contributed by atoms with Crippen LogP contribution >= 0.6 is 0 Å². The van der Waals surface area contributed by atoms with Crippen LogP contribution in [0.5, 0.6) is 0 Å². The molecule has 0 radical (unpaired) electrons. The Balaban J connectivity index is 2.06. The molecule has 1 amide bonds. The molecule has 4 nitrogen and oxygen atoms in total. The quantitative estimate of drug-likeness (QED) is 0.795. The minimum Gasteiger partial charge on any atom is -0.334 e. The number of benzene rings is 1. The molecule has 0 aliphatic carbocycles. The van der Waals surface area contributed by atoms with E-state index in [9.17, 15) is 4.79 Å². The molecule has 134 valence electrons. The first-order valence-corrected chi connectivity index (χ1v) is 9.41. The smallest absolute Gasteiger partial charge is 0.254 e. The predicted molar refractivity (Wildman–Crippen MR) is 100 cm³/mol. The molecular weight excluding hydrogens is 298 g/mol. The average Bonchev–Trinajstić information content (AvgIpc) is 3.11. The molecule has 24 heavy (non-hydrogen) atoms. The summed E-state index contributed by atoms with van der Waals surface area (Å²) in [6.45, 7) is 13.5. The summed E-state index contributed by atoms with van der Waals surface area (Å²) >= 11 is 0. The van der Waals surface area contributed by atoms with Gasteiger partial charge >= 0.3 is 0 Å². The summed E-state index contributed by atoms with van der Waals surface area (Å²) in [5, 5.41) is 3.37. The number of carbonyl (C=O) groups excluding carboxylic acids is 1. The van der Waals surface area contributed by atoms with Crippen molar-refractivity contribution in [1.29, 1.82) is 0 Å². The average molecular weight is 332 g/mol. The van der Waals surface area contributed by atoms with Gasteiger partial charge in [0.2, 0.25) is 0 Å². The van der Waals surface area contributed by atoms with E-state index in [4.69, 9.17) is 0 Å². The van der Waals surface area contributed by atoms with Crippen molar-refractivity contribution in [1.82, 2.24) is 15.1 Å². The number of carbonyl (C=O) groups is 1.